The minimum absolute atomic E-state index is 0.0128. The number of methoxy groups -OCH3 is 2. The first kappa shape index (κ1) is 30.0. The van der Waals surface area contributed by atoms with Gasteiger partial charge in [-0.2, -0.15) is 4.98 Å². The van der Waals surface area contributed by atoms with Gasteiger partial charge in [0.2, 0.25) is 21.1 Å². The number of nitrogens with one attached hydrogen (secondary N) is 1. The van der Waals surface area contributed by atoms with Gasteiger partial charge in [-0.3, -0.25) is 14.3 Å². The van der Waals surface area contributed by atoms with Gasteiger partial charge in [-0.1, -0.05) is 23.7 Å². The average molecular weight is 608 g/mol. The van der Waals surface area contributed by atoms with Crippen LogP contribution in [0.1, 0.15) is 5.56 Å². The molecule has 0 fully saturated rings. The number of aromatic amines is 1. The molecular weight excluding hydrogens is 581 g/mol. The Balaban J connectivity index is 1.30. The number of benzene rings is 2. The number of hydrogen-bond acceptors (Lipinski definition) is 12. The largest absolute Gasteiger partial charge is 0.515 e. The second kappa shape index (κ2) is 14.6. The molecule has 4 rings (SSSR count). The molecule has 14 nitrogen and oxygen atoms in total. The van der Waals surface area contributed by atoms with Gasteiger partial charge in [-0.15, -0.1) is 0 Å². The summed E-state index contributed by atoms with van der Waals surface area (Å²) in [6.45, 7) is 0.279. The Kier molecular flexibility index (Phi) is 10.7. The lowest BCUT2D eigenvalue weighted by atomic mass is 10.2. The minimum Gasteiger partial charge on any atom is -0.493 e. The summed E-state index contributed by atoms with van der Waals surface area (Å²) >= 11 is 6.06. The summed E-state index contributed by atoms with van der Waals surface area (Å²) < 4.78 is 39.5. The highest BCUT2D eigenvalue weighted by molar-refractivity contribution is 7.46. The summed E-state index contributed by atoms with van der Waals surface area (Å²) in [5.41, 5.74) is 6.55. The Morgan fingerprint density at radius 2 is 1.95 bits per heavy atom. The molecule has 2 aromatic heterocycles. The lowest BCUT2D eigenvalue weighted by Gasteiger charge is -2.18. The standard InChI is InChI=1S/C25H27ClN5O9P/c1-34-19-7-6-18(11-20(19)35-2)40-25(33)37-14-39-41(38-12-16-4-3-5-17(26)10-16)15-36-9-8-31-13-28-21-22(31)29-24(27)30-23(21)32/h3-7,10-11,13H,8-9,12,14-15H2,1-2H3,(H3,27,29,30,32). The summed E-state index contributed by atoms with van der Waals surface area (Å²) in [7, 11) is 1.30. The van der Waals surface area contributed by atoms with Gasteiger partial charge in [0.15, 0.2) is 22.7 Å². The van der Waals surface area contributed by atoms with E-state index >= 15 is 0 Å². The van der Waals surface area contributed by atoms with E-state index in [0.717, 1.165) is 5.56 Å². The fourth-order valence-corrected chi connectivity index (χ4v) is 4.64. The number of carbonyl (C=O) groups excluding carboxylic acids is 1. The first-order chi connectivity index (χ1) is 19.9. The number of hydrogen-bond donors (Lipinski definition) is 2. The lowest BCUT2D eigenvalue weighted by Crippen LogP contribution is -2.14. The molecule has 16 heteroatoms. The van der Waals surface area contributed by atoms with Crippen molar-refractivity contribution in [2.24, 2.45) is 0 Å². The number of carbonyl (C=O) groups is 1. The van der Waals surface area contributed by atoms with Crippen molar-refractivity contribution in [3.05, 3.63) is 69.7 Å². The van der Waals surface area contributed by atoms with Crippen LogP contribution in [0.15, 0.2) is 53.6 Å². The maximum Gasteiger partial charge on any atom is 0.515 e. The Bertz CT molecular complexity index is 1530. The van der Waals surface area contributed by atoms with Crippen LogP contribution in [-0.2, 0) is 31.7 Å². The topological polar surface area (TPSA) is 171 Å². The quantitative estimate of drug-likeness (QED) is 0.0693. The molecule has 41 heavy (non-hydrogen) atoms. The average Bonchev–Trinajstić information content (AvgIpc) is 3.36. The van der Waals surface area contributed by atoms with Crippen LogP contribution in [0.25, 0.3) is 11.2 Å². The van der Waals surface area contributed by atoms with E-state index in [1.807, 2.05) is 6.07 Å². The van der Waals surface area contributed by atoms with Gasteiger partial charge < -0.3 is 38.5 Å². The number of rotatable bonds is 14. The fourth-order valence-electron chi connectivity index (χ4n) is 3.46. The zero-order valence-electron chi connectivity index (χ0n) is 22.1. The van der Waals surface area contributed by atoms with E-state index in [1.54, 1.807) is 28.8 Å². The number of fused-ring (bicyclic) bond motifs is 1. The minimum atomic E-state index is -1.66. The van der Waals surface area contributed by atoms with Crippen LogP contribution in [-0.4, -0.2) is 59.6 Å². The molecule has 0 amide bonds. The van der Waals surface area contributed by atoms with E-state index in [9.17, 15) is 9.59 Å². The SMILES string of the molecule is COc1ccc(OC(=O)OCOP(COCCn2cnc3c(=O)[nH]c(N)nc32)OCc2cccc(Cl)c2)cc1OC. The van der Waals surface area contributed by atoms with E-state index in [4.69, 9.17) is 50.1 Å². The van der Waals surface area contributed by atoms with Crippen molar-refractivity contribution in [2.45, 2.75) is 13.2 Å². The van der Waals surface area contributed by atoms with Gasteiger partial charge in [0, 0.05) is 17.6 Å². The second-order valence-electron chi connectivity index (χ2n) is 8.09. The number of halogens is 1. The molecule has 0 saturated carbocycles. The molecule has 0 radical (unpaired) electrons. The van der Waals surface area contributed by atoms with Crippen molar-refractivity contribution in [3.63, 3.8) is 0 Å². The Morgan fingerprint density at radius 1 is 1.12 bits per heavy atom. The van der Waals surface area contributed by atoms with Crippen LogP contribution < -0.4 is 25.5 Å². The van der Waals surface area contributed by atoms with E-state index in [-0.39, 0.29) is 36.8 Å². The first-order valence-electron chi connectivity index (χ1n) is 12.0. The van der Waals surface area contributed by atoms with Crippen LogP contribution >= 0.6 is 20.0 Å². The smallest absolute Gasteiger partial charge is 0.493 e. The third-order valence-electron chi connectivity index (χ3n) is 5.36. The fraction of sp³-hybridized carbons (Fsp3) is 0.280. The molecule has 0 aliphatic carbocycles. The number of H-pyrrole nitrogens is 1. The van der Waals surface area contributed by atoms with Crippen molar-refractivity contribution >= 4 is 43.2 Å². The molecular formula is C25H27ClN5O9P. The highest BCUT2D eigenvalue weighted by Crippen LogP contribution is 2.39. The van der Waals surface area contributed by atoms with Crippen molar-refractivity contribution in [1.29, 1.82) is 0 Å². The van der Waals surface area contributed by atoms with E-state index < -0.39 is 26.9 Å². The maximum atomic E-state index is 12.2. The summed E-state index contributed by atoms with van der Waals surface area (Å²) in [5.74, 6) is 1.05. The summed E-state index contributed by atoms with van der Waals surface area (Å²) in [6, 6.07) is 11.8. The molecule has 0 aliphatic heterocycles. The number of anilines is 1. The highest BCUT2D eigenvalue weighted by atomic mass is 35.5. The van der Waals surface area contributed by atoms with Crippen LogP contribution in [0.3, 0.4) is 0 Å². The van der Waals surface area contributed by atoms with E-state index in [2.05, 4.69) is 15.0 Å². The molecule has 2 aromatic carbocycles. The summed E-state index contributed by atoms with van der Waals surface area (Å²) in [4.78, 5) is 34.7. The lowest BCUT2D eigenvalue weighted by molar-refractivity contribution is 0.0244. The highest BCUT2D eigenvalue weighted by Gasteiger charge is 2.16. The van der Waals surface area contributed by atoms with Gasteiger partial charge in [-0.05, 0) is 29.8 Å². The van der Waals surface area contributed by atoms with Crippen LogP contribution in [0.5, 0.6) is 17.2 Å². The molecule has 2 heterocycles. The molecule has 4 aromatic rings. The number of nitrogen functional groups attached to an aromatic ring is 1. The monoisotopic (exact) mass is 607 g/mol. The van der Waals surface area contributed by atoms with Crippen molar-refractivity contribution < 1.29 is 37.5 Å². The van der Waals surface area contributed by atoms with Gasteiger partial charge >= 0.3 is 6.16 Å². The summed E-state index contributed by atoms with van der Waals surface area (Å²) in [6.07, 6.45) is 0.534. The summed E-state index contributed by atoms with van der Waals surface area (Å²) in [5, 5.41) is 0.564. The third kappa shape index (κ3) is 8.52. The maximum absolute atomic E-state index is 12.2. The molecule has 0 aliphatic rings. The molecule has 3 N–H and O–H groups in total. The van der Waals surface area contributed by atoms with Gasteiger partial charge in [-0.25, -0.2) is 9.78 Å². The van der Waals surface area contributed by atoms with Crippen molar-refractivity contribution in [1.82, 2.24) is 19.5 Å². The van der Waals surface area contributed by atoms with E-state index in [0.29, 0.717) is 28.7 Å². The van der Waals surface area contributed by atoms with Crippen LogP contribution in [0.2, 0.25) is 5.02 Å². The second-order valence-corrected chi connectivity index (χ2v) is 9.97. The number of nitrogens with zero attached hydrogens (tertiary/aromatic N) is 3. The Hall–Kier alpha value is -3.94. The Labute approximate surface area is 240 Å². The number of aromatic nitrogens is 4. The van der Waals surface area contributed by atoms with Crippen LogP contribution in [0.4, 0.5) is 10.7 Å². The number of ether oxygens (including phenoxy) is 5. The number of imidazole rings is 1. The number of nitrogens with two attached hydrogens (primary N) is 1. The zero-order chi connectivity index (χ0) is 29.2. The normalized spacial score (nSPS) is 11.8. The van der Waals surface area contributed by atoms with Gasteiger partial charge in [0.25, 0.3) is 5.56 Å². The zero-order valence-corrected chi connectivity index (χ0v) is 23.7. The van der Waals surface area contributed by atoms with E-state index in [1.165, 1.54) is 32.7 Å². The van der Waals surface area contributed by atoms with Gasteiger partial charge in [0.1, 0.15) is 12.1 Å². The third-order valence-corrected chi connectivity index (χ3v) is 6.80. The first-order valence-corrected chi connectivity index (χ1v) is 13.7. The van der Waals surface area contributed by atoms with Crippen LogP contribution in [0, 0.1) is 0 Å². The molecule has 1 unspecified atom stereocenters. The van der Waals surface area contributed by atoms with Crippen molar-refractivity contribution in [3.8, 4) is 17.2 Å². The molecule has 218 valence electrons. The Morgan fingerprint density at radius 3 is 2.73 bits per heavy atom. The molecule has 0 spiro atoms. The van der Waals surface area contributed by atoms with Gasteiger partial charge in [0.05, 0.1) is 33.8 Å². The predicted molar refractivity (Wildman–Crippen MR) is 149 cm³/mol. The van der Waals surface area contributed by atoms with Crippen molar-refractivity contribution in [2.75, 3.05) is 39.7 Å². The molecule has 1 atom stereocenters. The molecule has 0 bridgehead atoms. The predicted octanol–water partition coefficient (Wildman–Crippen LogP) is 4.06. The molecule has 0 saturated heterocycles.